The molecule has 0 aliphatic heterocycles. The van der Waals surface area contributed by atoms with Gasteiger partial charge in [-0.15, -0.1) is 11.3 Å². The van der Waals surface area contributed by atoms with E-state index in [4.69, 9.17) is 16.3 Å². The monoisotopic (exact) mass is 416 g/mol. The molecule has 6 heteroatoms. The molecule has 3 aromatic rings. The Balaban J connectivity index is 2.11. The van der Waals surface area contributed by atoms with Crippen molar-refractivity contribution < 1.29 is 4.74 Å². The van der Waals surface area contributed by atoms with Crippen LogP contribution in [0.15, 0.2) is 30.3 Å². The molecule has 0 amide bonds. The molecule has 0 unspecified atom stereocenters. The molecule has 0 saturated carbocycles. The second kappa shape index (κ2) is 5.83. The molecule has 20 heavy (non-hydrogen) atoms. The molecule has 1 aromatic carbocycles. The van der Waals surface area contributed by atoms with Crippen LogP contribution in [0.3, 0.4) is 0 Å². The van der Waals surface area contributed by atoms with E-state index < -0.39 is 0 Å². The summed E-state index contributed by atoms with van der Waals surface area (Å²) in [6.45, 7) is 2.11. The van der Waals surface area contributed by atoms with Crippen molar-refractivity contribution in [3.05, 3.63) is 44.1 Å². The first kappa shape index (κ1) is 14.0. The number of halogens is 2. The number of ether oxygens (including phenoxy) is 1. The summed E-state index contributed by atoms with van der Waals surface area (Å²) in [5, 5.41) is 1.12. The van der Waals surface area contributed by atoms with Gasteiger partial charge in [0.2, 0.25) is 11.2 Å². The van der Waals surface area contributed by atoms with Gasteiger partial charge in [-0.25, -0.2) is 4.98 Å². The molecule has 3 nitrogen and oxygen atoms in total. The van der Waals surface area contributed by atoms with Gasteiger partial charge in [-0.1, -0.05) is 19.1 Å². The Morgan fingerprint density at radius 2 is 2.10 bits per heavy atom. The van der Waals surface area contributed by atoms with Crippen LogP contribution in [0.2, 0.25) is 5.28 Å². The van der Waals surface area contributed by atoms with E-state index in [1.165, 1.54) is 4.88 Å². The van der Waals surface area contributed by atoms with Crippen LogP contribution in [0.1, 0.15) is 11.8 Å². The maximum absolute atomic E-state index is 5.98. The third-order valence-electron chi connectivity index (χ3n) is 2.77. The van der Waals surface area contributed by atoms with Crippen LogP contribution in [0.25, 0.3) is 10.2 Å². The average Bonchev–Trinajstić information content (AvgIpc) is 2.84. The van der Waals surface area contributed by atoms with Crippen molar-refractivity contribution in [2.24, 2.45) is 0 Å². The van der Waals surface area contributed by atoms with Gasteiger partial charge < -0.3 is 4.74 Å². The minimum atomic E-state index is 0.211. The van der Waals surface area contributed by atoms with Crippen molar-refractivity contribution in [3.63, 3.8) is 0 Å². The van der Waals surface area contributed by atoms with Crippen LogP contribution in [0.4, 0.5) is 0 Å². The zero-order valence-corrected chi connectivity index (χ0v) is 14.3. The van der Waals surface area contributed by atoms with Gasteiger partial charge in [0.15, 0.2) is 0 Å². The third kappa shape index (κ3) is 2.75. The van der Waals surface area contributed by atoms with Crippen LogP contribution in [0, 0.1) is 3.57 Å². The highest BCUT2D eigenvalue weighted by molar-refractivity contribution is 14.1. The number of thiophene rings is 1. The second-order valence-electron chi connectivity index (χ2n) is 4.12. The molecule has 0 spiro atoms. The SMILES string of the molecule is CCc1cc2c(Oc3ccccc3I)nc(Cl)nc2s1. The van der Waals surface area contributed by atoms with Gasteiger partial charge in [-0.3, -0.25) is 0 Å². The molecule has 0 radical (unpaired) electrons. The van der Waals surface area contributed by atoms with Crippen LogP contribution in [-0.2, 0) is 6.42 Å². The summed E-state index contributed by atoms with van der Waals surface area (Å²) in [5.41, 5.74) is 0. The molecule has 2 aromatic heterocycles. The first-order chi connectivity index (χ1) is 9.67. The zero-order chi connectivity index (χ0) is 14.1. The second-order valence-corrected chi connectivity index (χ2v) is 6.73. The molecule has 0 fully saturated rings. The van der Waals surface area contributed by atoms with Crippen molar-refractivity contribution in [2.75, 3.05) is 0 Å². The summed E-state index contributed by atoms with van der Waals surface area (Å²) in [5.74, 6) is 1.29. The summed E-state index contributed by atoms with van der Waals surface area (Å²) in [7, 11) is 0. The van der Waals surface area contributed by atoms with Gasteiger partial charge in [0.05, 0.1) is 8.96 Å². The standard InChI is InChI=1S/C14H10ClIN2OS/c1-2-8-7-9-12(17-14(15)18-13(9)20-8)19-11-6-4-3-5-10(11)16/h3-7H,2H2,1H3. The Kier molecular flexibility index (Phi) is 4.09. The topological polar surface area (TPSA) is 35.0 Å². The molecule has 102 valence electrons. The first-order valence-electron chi connectivity index (χ1n) is 6.05. The fraction of sp³-hybridized carbons (Fsp3) is 0.143. The number of benzene rings is 1. The summed E-state index contributed by atoms with van der Waals surface area (Å²) in [6.07, 6.45) is 0.959. The van der Waals surface area contributed by atoms with E-state index in [2.05, 4.69) is 45.5 Å². The van der Waals surface area contributed by atoms with E-state index in [0.717, 1.165) is 26.0 Å². The molecule has 0 N–H and O–H groups in total. The lowest BCUT2D eigenvalue weighted by Gasteiger charge is -2.07. The Hall–Kier alpha value is -0.920. The van der Waals surface area contributed by atoms with Crippen LogP contribution < -0.4 is 4.74 Å². The lowest BCUT2D eigenvalue weighted by atomic mass is 10.3. The van der Waals surface area contributed by atoms with E-state index in [0.29, 0.717) is 5.88 Å². The van der Waals surface area contributed by atoms with Gasteiger partial charge in [-0.2, -0.15) is 4.98 Å². The largest absolute Gasteiger partial charge is 0.437 e. The number of aryl methyl sites for hydroxylation is 1. The average molecular weight is 417 g/mol. The Bertz CT molecular complexity index is 775. The number of hydrogen-bond donors (Lipinski definition) is 0. The van der Waals surface area contributed by atoms with E-state index in [1.807, 2.05) is 24.3 Å². The Morgan fingerprint density at radius 3 is 2.85 bits per heavy atom. The minimum Gasteiger partial charge on any atom is -0.437 e. The Morgan fingerprint density at radius 1 is 1.30 bits per heavy atom. The molecule has 0 saturated heterocycles. The van der Waals surface area contributed by atoms with Gasteiger partial charge >= 0.3 is 0 Å². The first-order valence-corrected chi connectivity index (χ1v) is 8.33. The van der Waals surface area contributed by atoms with Crippen molar-refractivity contribution >= 4 is 55.7 Å². The number of nitrogens with zero attached hydrogens (tertiary/aromatic N) is 2. The number of fused-ring (bicyclic) bond motifs is 1. The van der Waals surface area contributed by atoms with Crippen molar-refractivity contribution in [2.45, 2.75) is 13.3 Å². The summed E-state index contributed by atoms with van der Waals surface area (Å²) in [4.78, 5) is 10.6. The molecule has 0 aliphatic carbocycles. The maximum atomic E-state index is 5.98. The summed E-state index contributed by atoms with van der Waals surface area (Å²) < 4.78 is 6.95. The number of rotatable bonds is 3. The van der Waals surface area contributed by atoms with Crippen molar-refractivity contribution in [1.82, 2.24) is 9.97 Å². The Labute approximate surface area is 139 Å². The molecule has 3 rings (SSSR count). The van der Waals surface area contributed by atoms with E-state index in [-0.39, 0.29) is 5.28 Å². The third-order valence-corrected chi connectivity index (χ3v) is 5.01. The number of aromatic nitrogens is 2. The fourth-order valence-corrected chi connectivity index (χ4v) is 3.47. The predicted octanol–water partition coefficient (Wildman–Crippen LogP) is 5.30. The van der Waals surface area contributed by atoms with Gasteiger partial charge in [0.25, 0.3) is 0 Å². The minimum absolute atomic E-state index is 0.211. The lowest BCUT2D eigenvalue weighted by molar-refractivity contribution is 0.465. The van der Waals surface area contributed by atoms with Crippen molar-refractivity contribution in [1.29, 1.82) is 0 Å². The smallest absolute Gasteiger partial charge is 0.232 e. The molecule has 0 aliphatic rings. The normalized spacial score (nSPS) is 10.9. The molecule has 0 atom stereocenters. The number of hydrogen-bond acceptors (Lipinski definition) is 4. The molecular weight excluding hydrogens is 407 g/mol. The molecular formula is C14H10ClIN2OS. The van der Waals surface area contributed by atoms with Gasteiger partial charge in [-0.05, 0) is 58.8 Å². The molecule has 0 bridgehead atoms. The van der Waals surface area contributed by atoms with Crippen LogP contribution in [-0.4, -0.2) is 9.97 Å². The summed E-state index contributed by atoms with van der Waals surface area (Å²) >= 11 is 9.84. The van der Waals surface area contributed by atoms with Crippen molar-refractivity contribution in [3.8, 4) is 11.6 Å². The van der Waals surface area contributed by atoms with E-state index >= 15 is 0 Å². The van der Waals surface area contributed by atoms with Gasteiger partial charge in [0, 0.05) is 4.88 Å². The molecule has 2 heterocycles. The predicted molar refractivity (Wildman–Crippen MR) is 91.0 cm³/mol. The summed E-state index contributed by atoms with van der Waals surface area (Å²) in [6, 6.07) is 9.87. The highest BCUT2D eigenvalue weighted by atomic mass is 127. The van der Waals surface area contributed by atoms with Crippen LogP contribution >= 0.6 is 45.5 Å². The van der Waals surface area contributed by atoms with E-state index in [9.17, 15) is 0 Å². The highest BCUT2D eigenvalue weighted by Crippen LogP contribution is 2.35. The quantitative estimate of drug-likeness (QED) is 0.429. The zero-order valence-electron chi connectivity index (χ0n) is 10.6. The lowest BCUT2D eigenvalue weighted by Crippen LogP contribution is -1.92. The highest BCUT2D eigenvalue weighted by Gasteiger charge is 2.13. The number of para-hydroxylation sites is 1. The maximum Gasteiger partial charge on any atom is 0.232 e. The van der Waals surface area contributed by atoms with Gasteiger partial charge in [0.1, 0.15) is 10.6 Å². The fourth-order valence-electron chi connectivity index (χ4n) is 1.80. The van der Waals surface area contributed by atoms with Crippen LogP contribution in [0.5, 0.6) is 11.6 Å². The van der Waals surface area contributed by atoms with E-state index in [1.54, 1.807) is 11.3 Å².